The lowest BCUT2D eigenvalue weighted by molar-refractivity contribution is 0.328. The topological polar surface area (TPSA) is 43.0 Å². The van der Waals surface area contributed by atoms with E-state index in [4.69, 9.17) is 0 Å². The molecular weight excluding hydrogens is 685 g/mol. The molecule has 4 aromatic heterocycles. The van der Waals surface area contributed by atoms with Gasteiger partial charge in [0.2, 0.25) is 0 Å². The van der Waals surface area contributed by atoms with Gasteiger partial charge in [-0.2, -0.15) is 0 Å². The highest BCUT2D eigenvalue weighted by atomic mass is 16.1. The summed E-state index contributed by atoms with van der Waals surface area (Å²) in [6.07, 6.45) is 4.92. The maximum atomic E-state index is 14.7. The zero-order valence-corrected chi connectivity index (χ0v) is 30.3. The Labute approximate surface area is 318 Å². The Balaban J connectivity index is 1.19. The molecule has 0 radical (unpaired) electrons. The van der Waals surface area contributed by atoms with Crippen molar-refractivity contribution >= 4 is 77.2 Å². The van der Waals surface area contributed by atoms with Crippen molar-refractivity contribution in [1.29, 1.82) is 0 Å². The third-order valence-electron chi connectivity index (χ3n) is 14.2. The second-order valence-corrected chi connectivity index (χ2v) is 16.4. The van der Waals surface area contributed by atoms with Crippen molar-refractivity contribution in [2.24, 2.45) is 5.41 Å². The van der Waals surface area contributed by atoms with Gasteiger partial charge in [0.1, 0.15) is 0 Å². The molecule has 0 bridgehead atoms. The second-order valence-electron chi connectivity index (χ2n) is 16.4. The number of rotatable bonds is 0. The van der Waals surface area contributed by atoms with Gasteiger partial charge in [0, 0.05) is 54.3 Å². The quantitative estimate of drug-likeness (QED) is 0.147. The van der Waals surface area contributed by atoms with Crippen LogP contribution in [-0.4, -0.2) is 8.80 Å². The van der Waals surface area contributed by atoms with Crippen molar-refractivity contribution < 1.29 is 0 Å². The Hall–Kier alpha value is -7.04. The first-order valence-electron chi connectivity index (χ1n) is 19.5. The minimum Gasteiger partial charge on any atom is -0.275 e. The Morgan fingerprint density at radius 3 is 1.77 bits per heavy atom. The predicted molar refractivity (Wildman–Crippen MR) is 228 cm³/mol. The normalized spacial score (nSPS) is 20.6. The van der Waals surface area contributed by atoms with E-state index in [0.29, 0.717) is 0 Å². The zero-order chi connectivity index (χ0) is 36.8. The van der Waals surface area contributed by atoms with Crippen LogP contribution in [0.4, 0.5) is 0 Å². The highest BCUT2D eigenvalue weighted by Crippen LogP contribution is 2.71. The molecule has 7 aromatic carbocycles. The van der Waals surface area contributed by atoms with E-state index < -0.39 is 10.8 Å². The molecule has 4 nitrogen and oxygen atoms in total. The maximum Gasteiger partial charge on any atom is 0.263 e. The standard InChI is InChI=1S/C52H30N2O2/c1-51-27-46-40(34-21-11-19-32-29-13-3-5-16-36(29)50(56)54(46)48(32)34)25-43(51)37-17-7-9-23-42(37)52(51)41-22-8-6-14-30(41)38-24-39-33-20-10-18-31-28-12-2-4-15-35(28)49(55)53(47(31)33)45(39)26-44(38)52/h2-27,43H,1H3. The van der Waals surface area contributed by atoms with Crippen LogP contribution in [0.15, 0.2) is 155 Å². The molecular formula is C52H30N2O2. The number of aromatic nitrogens is 2. The van der Waals surface area contributed by atoms with Crippen molar-refractivity contribution in [2.45, 2.75) is 18.3 Å². The van der Waals surface area contributed by atoms with Gasteiger partial charge in [-0.25, -0.2) is 0 Å². The molecule has 0 saturated carbocycles. The lowest BCUT2D eigenvalue weighted by Gasteiger charge is -2.45. The van der Waals surface area contributed by atoms with Crippen LogP contribution in [0.25, 0.3) is 88.3 Å². The van der Waals surface area contributed by atoms with Gasteiger partial charge >= 0.3 is 0 Å². The Kier molecular flexibility index (Phi) is 4.93. The molecule has 3 atom stereocenters. The Bertz CT molecular complexity index is 3910. The zero-order valence-electron chi connectivity index (χ0n) is 30.3. The molecule has 0 N–H and O–H groups in total. The lowest BCUT2D eigenvalue weighted by Crippen LogP contribution is -2.47. The molecule has 14 rings (SSSR count). The summed E-state index contributed by atoms with van der Waals surface area (Å²) in [7, 11) is 0. The van der Waals surface area contributed by atoms with Crippen molar-refractivity contribution in [3.05, 3.63) is 199 Å². The van der Waals surface area contributed by atoms with Crippen molar-refractivity contribution in [3.63, 3.8) is 0 Å². The fourth-order valence-electron chi connectivity index (χ4n) is 12.2. The Morgan fingerprint density at radius 1 is 0.482 bits per heavy atom. The number of benzene rings is 7. The SMILES string of the molecule is CC12C=c3c(c4cccc5c6ccccc6c(=O)n3c45)=CC1c1ccccc1C21c2ccccc2-c2cc3c4cccc5c6ccccc6c(=O)n(c3cc21)c54. The van der Waals surface area contributed by atoms with E-state index in [1.807, 2.05) is 45.2 Å². The summed E-state index contributed by atoms with van der Waals surface area (Å²) in [5.41, 5.74) is 9.25. The lowest BCUT2D eigenvalue weighted by atomic mass is 9.56. The maximum absolute atomic E-state index is 14.7. The van der Waals surface area contributed by atoms with E-state index in [-0.39, 0.29) is 17.0 Å². The Morgan fingerprint density at radius 2 is 1.04 bits per heavy atom. The third kappa shape index (κ3) is 2.96. The van der Waals surface area contributed by atoms with Gasteiger partial charge in [-0.3, -0.25) is 18.4 Å². The van der Waals surface area contributed by atoms with Crippen molar-refractivity contribution in [1.82, 2.24) is 8.80 Å². The van der Waals surface area contributed by atoms with Crippen LogP contribution >= 0.6 is 0 Å². The van der Waals surface area contributed by atoms with Crippen molar-refractivity contribution in [3.8, 4) is 11.1 Å². The molecule has 0 saturated heterocycles. The first-order chi connectivity index (χ1) is 27.5. The average molecular weight is 715 g/mol. The second kappa shape index (κ2) is 9.42. The number of hydrogen-bond acceptors (Lipinski definition) is 2. The van der Waals surface area contributed by atoms with E-state index in [0.717, 1.165) is 75.6 Å². The van der Waals surface area contributed by atoms with Crippen LogP contribution in [0.2, 0.25) is 0 Å². The largest absolute Gasteiger partial charge is 0.275 e. The number of nitrogens with zero attached hydrogens (tertiary/aromatic N) is 2. The fraction of sp³-hybridized carbons (Fsp3) is 0.0769. The fourth-order valence-corrected chi connectivity index (χ4v) is 12.2. The average Bonchev–Trinajstić information content (AvgIpc) is 3.91. The summed E-state index contributed by atoms with van der Waals surface area (Å²) in [5.74, 6) is 0.0201. The molecule has 11 aromatic rings. The first-order valence-corrected chi connectivity index (χ1v) is 19.5. The van der Waals surface area contributed by atoms with E-state index in [2.05, 4.69) is 128 Å². The van der Waals surface area contributed by atoms with Gasteiger partial charge in [-0.05, 0) is 68.4 Å². The van der Waals surface area contributed by atoms with Gasteiger partial charge in [0.15, 0.2) is 0 Å². The van der Waals surface area contributed by atoms with E-state index in [9.17, 15) is 9.59 Å². The number of hydrogen-bond donors (Lipinski definition) is 0. The third-order valence-corrected chi connectivity index (χ3v) is 14.2. The van der Waals surface area contributed by atoms with Crippen LogP contribution in [0.3, 0.4) is 0 Å². The predicted octanol–water partition coefficient (Wildman–Crippen LogP) is 9.25. The number of fused-ring (bicyclic) bond motifs is 20. The molecule has 0 fully saturated rings. The van der Waals surface area contributed by atoms with Gasteiger partial charge in [0.25, 0.3) is 11.1 Å². The van der Waals surface area contributed by atoms with Gasteiger partial charge < -0.3 is 0 Å². The summed E-state index contributed by atoms with van der Waals surface area (Å²) in [5, 5.41) is 11.0. The molecule has 4 heterocycles. The van der Waals surface area contributed by atoms with E-state index >= 15 is 0 Å². The molecule has 3 aliphatic carbocycles. The smallest absolute Gasteiger partial charge is 0.263 e. The van der Waals surface area contributed by atoms with Crippen LogP contribution in [-0.2, 0) is 5.41 Å². The molecule has 4 heteroatoms. The molecule has 0 aliphatic heterocycles. The van der Waals surface area contributed by atoms with Crippen LogP contribution in [0.1, 0.15) is 35.1 Å². The van der Waals surface area contributed by atoms with Gasteiger partial charge in [-0.15, -0.1) is 0 Å². The number of para-hydroxylation sites is 2. The minimum absolute atomic E-state index is 0.00972. The molecule has 56 heavy (non-hydrogen) atoms. The minimum atomic E-state index is -0.618. The highest BCUT2D eigenvalue weighted by Gasteiger charge is 2.64. The summed E-state index contributed by atoms with van der Waals surface area (Å²) < 4.78 is 3.99. The highest BCUT2D eigenvalue weighted by molar-refractivity contribution is 6.21. The van der Waals surface area contributed by atoms with Crippen LogP contribution < -0.4 is 21.7 Å². The summed E-state index contributed by atoms with van der Waals surface area (Å²) in [4.78, 5) is 29.4. The summed E-state index contributed by atoms with van der Waals surface area (Å²) in [6, 6.07) is 51.6. The first kappa shape index (κ1) is 29.3. The molecule has 260 valence electrons. The molecule has 1 spiro atoms. The summed E-state index contributed by atoms with van der Waals surface area (Å²) in [6.45, 7) is 2.42. The van der Waals surface area contributed by atoms with Crippen LogP contribution in [0, 0.1) is 5.41 Å². The number of pyridine rings is 2. The molecule has 3 unspecified atom stereocenters. The van der Waals surface area contributed by atoms with Gasteiger partial charge in [0.05, 0.1) is 27.3 Å². The molecule has 3 aliphatic rings. The van der Waals surface area contributed by atoms with E-state index in [1.54, 1.807) is 0 Å². The van der Waals surface area contributed by atoms with Crippen LogP contribution in [0.5, 0.6) is 0 Å². The van der Waals surface area contributed by atoms with Gasteiger partial charge in [-0.1, -0.05) is 140 Å². The monoisotopic (exact) mass is 714 g/mol. The van der Waals surface area contributed by atoms with E-state index in [1.165, 1.54) is 33.4 Å². The van der Waals surface area contributed by atoms with Crippen molar-refractivity contribution in [2.75, 3.05) is 0 Å². The summed E-state index contributed by atoms with van der Waals surface area (Å²) >= 11 is 0. The molecule has 0 amide bonds.